The third-order valence-electron chi connectivity index (χ3n) is 3.56. The highest BCUT2D eigenvalue weighted by Gasteiger charge is 2.18. The van der Waals surface area contributed by atoms with Crippen LogP contribution in [0.15, 0.2) is 48.5 Å². The van der Waals surface area contributed by atoms with Gasteiger partial charge >= 0.3 is 0 Å². The maximum absolute atomic E-state index is 12.7. The summed E-state index contributed by atoms with van der Waals surface area (Å²) in [5.41, 5.74) is 8.56. The van der Waals surface area contributed by atoms with Crippen molar-refractivity contribution in [3.05, 3.63) is 64.5 Å². The summed E-state index contributed by atoms with van der Waals surface area (Å²) in [4.78, 5) is 17.4. The minimum Gasteiger partial charge on any atom is -0.494 e. The summed E-state index contributed by atoms with van der Waals surface area (Å²) in [6.07, 6.45) is 0. The van der Waals surface area contributed by atoms with Crippen LogP contribution in [0.5, 0.6) is 5.75 Å². The number of carbonyl (C=O) groups is 1. The zero-order chi connectivity index (χ0) is 17.8. The highest BCUT2D eigenvalue weighted by molar-refractivity contribution is 7.18. The molecule has 1 heterocycles. The number of carbonyl (C=O) groups excluding carboxylic acids is 1. The van der Waals surface area contributed by atoms with E-state index in [1.54, 1.807) is 24.3 Å². The molecule has 0 radical (unpaired) electrons. The molecule has 128 valence electrons. The van der Waals surface area contributed by atoms with Crippen LogP contribution >= 0.6 is 11.3 Å². The van der Waals surface area contributed by atoms with E-state index in [0.717, 1.165) is 17.0 Å². The summed E-state index contributed by atoms with van der Waals surface area (Å²) < 4.78 is 5.39. The molecular weight excluding hydrogens is 334 g/mol. The Balaban J connectivity index is 1.80. The normalized spacial score (nSPS) is 10.5. The molecule has 0 spiro atoms. The number of thiazole rings is 1. The molecule has 6 heteroatoms. The van der Waals surface area contributed by atoms with Crippen molar-refractivity contribution in [2.75, 3.05) is 17.7 Å². The third kappa shape index (κ3) is 3.97. The Morgan fingerprint density at radius 3 is 2.68 bits per heavy atom. The molecule has 0 saturated carbocycles. The number of nitrogens with two attached hydrogens (primary N) is 1. The number of aryl methyl sites for hydroxylation is 1. The van der Waals surface area contributed by atoms with E-state index < -0.39 is 0 Å². The highest BCUT2D eigenvalue weighted by atomic mass is 32.1. The molecule has 0 unspecified atom stereocenters. The van der Waals surface area contributed by atoms with Crippen molar-refractivity contribution < 1.29 is 9.53 Å². The van der Waals surface area contributed by atoms with Crippen LogP contribution in [0.1, 0.15) is 27.7 Å². The van der Waals surface area contributed by atoms with Gasteiger partial charge in [-0.3, -0.25) is 4.79 Å². The van der Waals surface area contributed by atoms with Gasteiger partial charge in [0, 0.05) is 11.3 Å². The van der Waals surface area contributed by atoms with Gasteiger partial charge in [-0.2, -0.15) is 0 Å². The van der Waals surface area contributed by atoms with Crippen LogP contribution in [-0.4, -0.2) is 17.4 Å². The number of benzene rings is 2. The van der Waals surface area contributed by atoms with Gasteiger partial charge in [0.1, 0.15) is 16.4 Å². The van der Waals surface area contributed by atoms with E-state index in [1.165, 1.54) is 11.3 Å². The van der Waals surface area contributed by atoms with E-state index in [9.17, 15) is 4.79 Å². The highest BCUT2D eigenvalue weighted by Crippen LogP contribution is 2.30. The lowest BCUT2D eigenvalue weighted by Crippen LogP contribution is -2.02. The fourth-order valence-corrected chi connectivity index (χ4v) is 3.26. The SMILES string of the molecule is CCOc1ccc(C(=O)c2sc(Nc3cccc(C)c3)nc2N)cc1. The van der Waals surface area contributed by atoms with Crippen molar-refractivity contribution in [3.63, 3.8) is 0 Å². The Morgan fingerprint density at radius 1 is 1.24 bits per heavy atom. The van der Waals surface area contributed by atoms with Gasteiger partial charge in [-0.1, -0.05) is 23.5 Å². The molecule has 0 saturated heterocycles. The Kier molecular flexibility index (Phi) is 5.00. The maximum atomic E-state index is 12.7. The Bertz CT molecular complexity index is 888. The largest absolute Gasteiger partial charge is 0.494 e. The second-order valence-corrected chi connectivity index (χ2v) is 6.51. The fourth-order valence-electron chi connectivity index (χ4n) is 2.39. The maximum Gasteiger partial charge on any atom is 0.206 e. The monoisotopic (exact) mass is 353 g/mol. The number of hydrogen-bond donors (Lipinski definition) is 2. The molecule has 1 aromatic heterocycles. The number of anilines is 3. The Labute approximate surface area is 150 Å². The molecule has 5 nitrogen and oxygen atoms in total. The minimum atomic E-state index is -0.143. The van der Waals surface area contributed by atoms with Crippen LogP contribution < -0.4 is 15.8 Å². The lowest BCUT2D eigenvalue weighted by Gasteiger charge is -2.04. The Hall–Kier alpha value is -2.86. The standard InChI is InChI=1S/C19H19N3O2S/c1-3-24-15-9-7-13(8-10-15)16(23)17-18(20)22-19(25-17)21-14-6-4-5-12(2)11-14/h4-11H,3,20H2,1-2H3,(H,21,22). The number of hydrogen-bond acceptors (Lipinski definition) is 6. The van der Waals surface area contributed by atoms with Crippen LogP contribution in [0.3, 0.4) is 0 Å². The average molecular weight is 353 g/mol. The molecule has 0 atom stereocenters. The van der Waals surface area contributed by atoms with E-state index in [2.05, 4.69) is 10.3 Å². The molecule has 3 N–H and O–H groups in total. The van der Waals surface area contributed by atoms with E-state index in [-0.39, 0.29) is 11.6 Å². The number of aromatic nitrogens is 1. The summed E-state index contributed by atoms with van der Waals surface area (Å²) in [5, 5.41) is 3.79. The molecule has 3 aromatic rings. The molecule has 0 amide bonds. The number of nitrogen functional groups attached to an aromatic ring is 1. The fraction of sp³-hybridized carbons (Fsp3) is 0.158. The van der Waals surface area contributed by atoms with Crippen molar-refractivity contribution in [1.29, 1.82) is 0 Å². The number of nitrogens with zero attached hydrogens (tertiary/aromatic N) is 1. The van der Waals surface area contributed by atoms with E-state index in [4.69, 9.17) is 10.5 Å². The molecule has 2 aromatic carbocycles. The number of nitrogens with one attached hydrogen (secondary N) is 1. The topological polar surface area (TPSA) is 77.2 Å². The van der Waals surface area contributed by atoms with Gasteiger partial charge in [-0.25, -0.2) is 4.98 Å². The zero-order valence-corrected chi connectivity index (χ0v) is 14.9. The average Bonchev–Trinajstić information content (AvgIpc) is 2.95. The molecule has 0 aliphatic heterocycles. The number of ether oxygens (including phenoxy) is 1. The van der Waals surface area contributed by atoms with Crippen molar-refractivity contribution in [2.24, 2.45) is 0 Å². The first-order valence-electron chi connectivity index (χ1n) is 7.94. The van der Waals surface area contributed by atoms with Crippen molar-refractivity contribution in [1.82, 2.24) is 4.98 Å². The predicted molar refractivity (Wildman–Crippen MR) is 102 cm³/mol. The van der Waals surface area contributed by atoms with Gasteiger partial charge < -0.3 is 15.8 Å². The first-order chi connectivity index (χ1) is 12.1. The molecule has 0 bridgehead atoms. The van der Waals surface area contributed by atoms with Crippen molar-refractivity contribution >= 4 is 33.8 Å². The lowest BCUT2D eigenvalue weighted by molar-refractivity contribution is 0.104. The van der Waals surface area contributed by atoms with Crippen LogP contribution in [0, 0.1) is 6.92 Å². The van der Waals surface area contributed by atoms with Gasteiger partial charge in [0.05, 0.1) is 6.61 Å². The zero-order valence-electron chi connectivity index (χ0n) is 14.1. The number of ketones is 1. The van der Waals surface area contributed by atoms with Crippen LogP contribution in [0.25, 0.3) is 0 Å². The van der Waals surface area contributed by atoms with Gasteiger partial charge in [-0.05, 0) is 55.8 Å². The molecular formula is C19H19N3O2S. The van der Waals surface area contributed by atoms with Crippen molar-refractivity contribution in [2.45, 2.75) is 13.8 Å². The molecule has 0 aliphatic carbocycles. The van der Waals surface area contributed by atoms with Crippen LogP contribution in [-0.2, 0) is 0 Å². The van der Waals surface area contributed by atoms with Gasteiger partial charge in [0.15, 0.2) is 5.13 Å². The van der Waals surface area contributed by atoms with Gasteiger partial charge in [0.2, 0.25) is 5.78 Å². The summed E-state index contributed by atoms with van der Waals surface area (Å²) in [6, 6.07) is 15.0. The van der Waals surface area contributed by atoms with Gasteiger partial charge in [-0.15, -0.1) is 0 Å². The van der Waals surface area contributed by atoms with E-state index in [1.807, 2.05) is 38.1 Å². The number of rotatable bonds is 6. The third-order valence-corrected chi connectivity index (χ3v) is 4.54. The molecule has 3 rings (SSSR count). The molecule has 0 aliphatic rings. The summed E-state index contributed by atoms with van der Waals surface area (Å²) in [7, 11) is 0. The smallest absolute Gasteiger partial charge is 0.206 e. The predicted octanol–water partition coefficient (Wildman–Crippen LogP) is 4.41. The summed E-state index contributed by atoms with van der Waals surface area (Å²) in [6.45, 7) is 4.52. The first kappa shape index (κ1) is 17.0. The quantitative estimate of drug-likeness (QED) is 0.642. The van der Waals surface area contributed by atoms with Gasteiger partial charge in [0.25, 0.3) is 0 Å². The minimum absolute atomic E-state index is 0.143. The summed E-state index contributed by atoms with van der Waals surface area (Å²) >= 11 is 1.25. The second kappa shape index (κ2) is 7.36. The first-order valence-corrected chi connectivity index (χ1v) is 8.76. The van der Waals surface area contributed by atoms with Crippen molar-refractivity contribution in [3.8, 4) is 5.75 Å². The Morgan fingerprint density at radius 2 is 2.00 bits per heavy atom. The second-order valence-electron chi connectivity index (χ2n) is 5.51. The summed E-state index contributed by atoms with van der Waals surface area (Å²) in [5.74, 6) is 0.826. The molecule has 0 fully saturated rings. The lowest BCUT2D eigenvalue weighted by atomic mass is 10.1. The van der Waals surface area contributed by atoms with E-state index in [0.29, 0.717) is 22.2 Å². The van der Waals surface area contributed by atoms with Crippen LogP contribution in [0.2, 0.25) is 0 Å². The van der Waals surface area contributed by atoms with Crippen LogP contribution in [0.4, 0.5) is 16.6 Å². The molecule has 25 heavy (non-hydrogen) atoms. The van der Waals surface area contributed by atoms with E-state index >= 15 is 0 Å².